The summed E-state index contributed by atoms with van der Waals surface area (Å²) in [5.74, 6) is -40.2. The first-order valence-electron chi connectivity index (χ1n) is 17.0. The van der Waals surface area contributed by atoms with Crippen molar-refractivity contribution in [3.05, 3.63) is 122 Å². The summed E-state index contributed by atoms with van der Waals surface area (Å²) in [6.07, 6.45) is -0.633. The Hall–Kier alpha value is -6.06. The zero-order valence-corrected chi connectivity index (χ0v) is 33.3. The number of H-pyrrole nitrogens is 3. The van der Waals surface area contributed by atoms with Gasteiger partial charge in [-0.25, -0.2) is 70.8 Å². The standard InChI is InChI=1S/C37H13F15N4O6S2.Fe/c38-21-18(22(39)28(45)33(50)27(21)44)15-7-1-2-9(53-7)16(19-23(40)29(46)34(51)30(47)24(19)41)11-5-13(63(57,58)59)36(55-11)12-6-14(64(60,61)62)37(56-12)17(10-4-3-8(15)54-10)20-25(42)31(48)35(52)32(49)26(20)43;/h1-2,5-6,54-56H,3-4H2,(H,57,58,59)(H,60,61,62);/q;+3. The number of rotatable bonds is 5. The number of aryl methyl sites for hydroxylation is 2. The zero-order valence-electron chi connectivity index (χ0n) is 30.5. The summed E-state index contributed by atoms with van der Waals surface area (Å²) in [7, 11) is -11.7. The monoisotopic (exact) mass is 1010 g/mol. The first kappa shape index (κ1) is 46.9. The molecule has 0 amide bonds. The average molecular weight is 1010 g/mol. The molecule has 3 aromatic carbocycles. The largest absolute Gasteiger partial charge is 3.00 e. The zero-order chi connectivity index (χ0) is 47.0. The van der Waals surface area contributed by atoms with Crippen molar-refractivity contribution in [2.24, 2.45) is 0 Å². The molecule has 0 saturated heterocycles. The Bertz CT molecular complexity index is 3510. The van der Waals surface area contributed by atoms with Crippen molar-refractivity contribution < 1.29 is 109 Å². The molecule has 0 spiro atoms. The summed E-state index contributed by atoms with van der Waals surface area (Å²) in [4.78, 5) is 7.14. The number of hydrogen-bond acceptors (Lipinski definition) is 5. The van der Waals surface area contributed by atoms with Gasteiger partial charge in [-0.15, -0.1) is 0 Å². The van der Waals surface area contributed by atoms with Crippen molar-refractivity contribution >= 4 is 54.5 Å². The maximum atomic E-state index is 15.8. The van der Waals surface area contributed by atoms with Crippen LogP contribution in [-0.2, 0) is 50.1 Å². The maximum Gasteiger partial charge on any atom is 3.00 e. The Morgan fingerprint density at radius 3 is 1.12 bits per heavy atom. The molecule has 0 saturated carbocycles. The maximum absolute atomic E-state index is 15.8. The molecule has 2 aliphatic rings. The summed E-state index contributed by atoms with van der Waals surface area (Å²) in [6, 6.07) is 0.403. The van der Waals surface area contributed by atoms with Gasteiger partial charge >= 0.3 is 17.1 Å². The van der Waals surface area contributed by atoms with E-state index in [9.17, 15) is 65.5 Å². The van der Waals surface area contributed by atoms with Gasteiger partial charge in [0.15, 0.2) is 69.8 Å². The van der Waals surface area contributed by atoms with Crippen molar-refractivity contribution in [3.63, 3.8) is 0 Å². The number of halogens is 15. The summed E-state index contributed by atoms with van der Waals surface area (Å²) in [5, 5.41) is 0. The van der Waals surface area contributed by atoms with Crippen molar-refractivity contribution in [2.45, 2.75) is 22.6 Å². The van der Waals surface area contributed by atoms with Crippen LogP contribution in [-0.4, -0.2) is 45.9 Å². The minimum Gasteiger partial charge on any atom is -0.361 e. The molecular weight excluding hydrogens is 1000 g/mol. The fraction of sp³-hybridized carbons (Fsp3) is 0.0541. The number of nitrogens with one attached hydrogen (secondary N) is 3. The van der Waals surface area contributed by atoms with E-state index in [2.05, 4.69) is 19.9 Å². The van der Waals surface area contributed by atoms with Crippen molar-refractivity contribution in [1.82, 2.24) is 19.9 Å². The average Bonchev–Trinajstić information content (AvgIpc) is 4.07. The molecule has 5 N–H and O–H groups in total. The molecule has 1 radical (unpaired) electrons. The molecule has 6 aromatic rings. The minimum atomic E-state index is -5.89. The van der Waals surface area contributed by atoms with Gasteiger partial charge < -0.3 is 15.0 Å². The van der Waals surface area contributed by atoms with Gasteiger partial charge in [0.25, 0.3) is 20.2 Å². The third kappa shape index (κ3) is 7.09. The first-order chi connectivity index (χ1) is 29.8. The molecule has 0 aliphatic carbocycles. The van der Waals surface area contributed by atoms with Gasteiger partial charge in [0.05, 0.1) is 50.1 Å². The second-order valence-electron chi connectivity index (χ2n) is 13.6. The molecule has 2 aliphatic heterocycles. The van der Waals surface area contributed by atoms with E-state index in [4.69, 9.17) is 0 Å². The van der Waals surface area contributed by atoms with E-state index in [1.54, 1.807) is 0 Å². The van der Waals surface area contributed by atoms with Gasteiger partial charge in [-0.2, -0.15) is 16.8 Å². The predicted octanol–water partition coefficient (Wildman–Crippen LogP) is 9.78. The molecule has 8 rings (SSSR count). The molecule has 28 heteroatoms. The fourth-order valence-electron chi connectivity index (χ4n) is 7.24. The van der Waals surface area contributed by atoms with Crippen LogP contribution in [0, 0.1) is 87.3 Å². The molecule has 8 bridgehead atoms. The van der Waals surface area contributed by atoms with E-state index in [0.717, 1.165) is 0 Å². The number of aromatic nitrogens is 4. The van der Waals surface area contributed by atoms with Crippen molar-refractivity contribution in [1.29, 1.82) is 0 Å². The van der Waals surface area contributed by atoms with E-state index in [0.29, 0.717) is 12.2 Å². The SMILES string of the molecule is O=S(=O)(O)c1cc2[nH]c1c(-c1c(F)c(F)c(F)c(F)c1F)c1[nH]c(c(-c3c(F)c(F)c(F)c(F)c3F)c3nc(c(-c4c(F)c(F)c(F)c(F)c4F)c4cc(S(=O)(=O)O)c2[nH]4)C=C3)CC1.[Fe+3]. The van der Waals surface area contributed by atoms with Gasteiger partial charge in [-0.05, 0) is 37.1 Å². The van der Waals surface area contributed by atoms with Gasteiger partial charge in [0.2, 0.25) is 17.5 Å². The third-order valence-corrected chi connectivity index (χ3v) is 11.7. The van der Waals surface area contributed by atoms with E-state index in [1.807, 2.05) is 0 Å². The second kappa shape index (κ2) is 15.8. The van der Waals surface area contributed by atoms with Gasteiger partial charge in [0, 0.05) is 28.1 Å². The van der Waals surface area contributed by atoms with E-state index >= 15 is 26.3 Å². The molecule has 0 fully saturated rings. The molecule has 10 nitrogen and oxygen atoms in total. The Kier molecular flexibility index (Phi) is 11.4. The van der Waals surface area contributed by atoms with Crippen LogP contribution in [0.5, 0.6) is 0 Å². The van der Waals surface area contributed by atoms with Crippen LogP contribution in [0.25, 0.3) is 67.6 Å². The van der Waals surface area contributed by atoms with Crippen LogP contribution in [0.3, 0.4) is 0 Å². The fourth-order valence-corrected chi connectivity index (χ4v) is 8.60. The Labute approximate surface area is 360 Å². The van der Waals surface area contributed by atoms with E-state index < -0.39 is 208 Å². The number of fused-ring (bicyclic) bond motifs is 9. The Balaban J connectivity index is 0.00000630. The first-order valence-corrected chi connectivity index (χ1v) is 19.9. The Morgan fingerprint density at radius 1 is 0.400 bits per heavy atom. The summed E-state index contributed by atoms with van der Waals surface area (Å²) in [5.41, 5.74) is -18.8. The minimum absolute atomic E-state index is 0. The van der Waals surface area contributed by atoms with Crippen LogP contribution in [0.1, 0.15) is 22.8 Å². The molecule has 65 heavy (non-hydrogen) atoms. The van der Waals surface area contributed by atoms with Crippen LogP contribution < -0.4 is 0 Å². The van der Waals surface area contributed by atoms with Crippen LogP contribution in [0.4, 0.5) is 65.9 Å². The molecule has 5 heterocycles. The topological polar surface area (TPSA) is 169 Å². The number of hydrogen-bond donors (Lipinski definition) is 5. The molecule has 339 valence electrons. The van der Waals surface area contributed by atoms with Crippen LogP contribution in [0.15, 0.2) is 21.9 Å². The smallest absolute Gasteiger partial charge is 0.361 e. The second-order valence-corrected chi connectivity index (χ2v) is 16.3. The van der Waals surface area contributed by atoms with Gasteiger partial charge in [0.1, 0.15) is 9.79 Å². The van der Waals surface area contributed by atoms with Crippen LogP contribution >= 0.6 is 0 Å². The van der Waals surface area contributed by atoms with Gasteiger partial charge in [-0.3, -0.25) is 9.11 Å². The predicted molar refractivity (Wildman–Crippen MR) is 189 cm³/mol. The van der Waals surface area contributed by atoms with Crippen LogP contribution in [0.2, 0.25) is 0 Å². The number of nitrogens with zero attached hydrogens (tertiary/aromatic N) is 1. The molecule has 3 aromatic heterocycles. The van der Waals surface area contributed by atoms with Gasteiger partial charge in [-0.1, -0.05) is 0 Å². The molecular formula is C37H13F15FeN4O6S2+3. The normalized spacial score (nSPS) is 12.9. The summed E-state index contributed by atoms with van der Waals surface area (Å²) >= 11 is 0. The van der Waals surface area contributed by atoms with Crippen molar-refractivity contribution in [3.8, 4) is 33.4 Å². The summed E-state index contributed by atoms with van der Waals surface area (Å²) in [6.45, 7) is 0. The van der Waals surface area contributed by atoms with E-state index in [1.165, 1.54) is 0 Å². The van der Waals surface area contributed by atoms with E-state index in [-0.39, 0.29) is 29.2 Å². The third-order valence-electron chi connectivity index (χ3n) is 9.97. The van der Waals surface area contributed by atoms with Crippen molar-refractivity contribution in [2.75, 3.05) is 0 Å². The molecule has 0 unspecified atom stereocenters. The quantitative estimate of drug-likeness (QED) is 0.0376. The summed E-state index contributed by atoms with van der Waals surface area (Å²) < 4.78 is 299. The number of benzene rings is 3. The number of aromatic amines is 3. The Morgan fingerprint density at radius 2 is 0.708 bits per heavy atom. The molecule has 0 atom stereocenters.